The van der Waals surface area contributed by atoms with Gasteiger partial charge in [-0.1, -0.05) is 19.2 Å². The van der Waals surface area contributed by atoms with Crippen molar-refractivity contribution in [1.82, 2.24) is 0 Å². The smallest absolute Gasteiger partial charge is 0.287 e. The zero-order valence-electron chi connectivity index (χ0n) is 11.2. The van der Waals surface area contributed by atoms with Crippen LogP contribution >= 0.6 is 0 Å². The number of hydrogen-bond acceptors (Lipinski definition) is 5. The first-order valence-electron chi connectivity index (χ1n) is 6.04. The third-order valence-electron chi connectivity index (χ3n) is 2.73. The molecule has 2 rings (SSSR count). The van der Waals surface area contributed by atoms with Gasteiger partial charge in [0.2, 0.25) is 0 Å². The van der Waals surface area contributed by atoms with E-state index < -0.39 is 10.0 Å². The van der Waals surface area contributed by atoms with Gasteiger partial charge in [0.25, 0.3) is 16.0 Å². The molecule has 0 saturated heterocycles. The van der Waals surface area contributed by atoms with Gasteiger partial charge in [-0.05, 0) is 30.4 Å². The minimum Gasteiger partial charge on any atom is -0.460 e. The topological polar surface area (TPSA) is 93.8 Å². The van der Waals surface area contributed by atoms with Crippen LogP contribution in [0.15, 0.2) is 59.5 Å². The summed E-state index contributed by atoms with van der Waals surface area (Å²) in [4.78, 5) is 4.05. The number of nitrogens with zero attached hydrogens (tertiary/aromatic N) is 1. The largest absolute Gasteiger partial charge is 0.460 e. The second-order valence-electron chi connectivity index (χ2n) is 4.20. The maximum absolute atomic E-state index is 12.2. The lowest BCUT2D eigenvalue weighted by atomic mass is 10.1. The highest BCUT2D eigenvalue weighted by molar-refractivity contribution is 7.96. The summed E-state index contributed by atoms with van der Waals surface area (Å²) in [6.07, 6.45) is 3.99. The average molecular weight is 305 g/mol. The van der Waals surface area contributed by atoms with Crippen molar-refractivity contribution in [2.45, 2.75) is 6.61 Å². The fraction of sp³-hybridized carbons (Fsp3) is 0.0714. The molecule has 0 fully saturated rings. The third-order valence-corrected chi connectivity index (χ3v) is 4.16. The Kier molecular flexibility index (Phi) is 4.13. The van der Waals surface area contributed by atoms with E-state index in [1.165, 1.54) is 18.2 Å². The molecule has 7 heteroatoms. The average Bonchev–Trinajstić information content (AvgIpc) is 2.44. The Labute approximate surface area is 123 Å². The third kappa shape index (κ3) is 3.32. The van der Waals surface area contributed by atoms with Crippen molar-refractivity contribution in [3.05, 3.63) is 60.1 Å². The molecule has 0 radical (unpaired) electrons. The molecule has 0 amide bonds. The summed E-state index contributed by atoms with van der Waals surface area (Å²) < 4.78 is 31.9. The molecular weight excluding hydrogens is 290 g/mol. The van der Waals surface area contributed by atoms with Gasteiger partial charge in [0, 0.05) is 11.3 Å². The Balaban J connectivity index is 2.31. The van der Waals surface area contributed by atoms with E-state index in [9.17, 15) is 8.42 Å². The molecule has 3 N–H and O–H groups in total. The van der Waals surface area contributed by atoms with Crippen LogP contribution < -0.4 is 10.5 Å². The zero-order valence-corrected chi connectivity index (χ0v) is 12.1. The minimum absolute atomic E-state index is 0.0359. The SMILES string of the molecule is C=C/C=C(\C=C)S(=O)(=O)Nc1ccc2c(c1)COC(N)=N2. The van der Waals surface area contributed by atoms with Crippen LogP contribution in [0.25, 0.3) is 0 Å². The number of aliphatic imine (C=N–C) groups is 1. The Morgan fingerprint density at radius 2 is 2.19 bits per heavy atom. The summed E-state index contributed by atoms with van der Waals surface area (Å²) in [5.41, 5.74) is 7.28. The molecule has 1 aromatic carbocycles. The number of hydrogen-bond donors (Lipinski definition) is 2. The monoisotopic (exact) mass is 305 g/mol. The highest BCUT2D eigenvalue weighted by Crippen LogP contribution is 2.28. The quantitative estimate of drug-likeness (QED) is 0.815. The highest BCUT2D eigenvalue weighted by Gasteiger charge is 2.16. The van der Waals surface area contributed by atoms with Crippen LogP contribution in [0.4, 0.5) is 11.4 Å². The molecule has 1 aliphatic heterocycles. The molecular formula is C14H15N3O3S. The summed E-state index contributed by atoms with van der Waals surface area (Å²) in [6, 6.07) is 5.02. The van der Waals surface area contributed by atoms with Crippen LogP contribution in [0.1, 0.15) is 5.56 Å². The van der Waals surface area contributed by atoms with Gasteiger partial charge in [0.1, 0.15) is 6.61 Å². The molecule has 0 atom stereocenters. The number of fused-ring (bicyclic) bond motifs is 1. The van der Waals surface area contributed by atoms with Crippen LogP contribution in [0.5, 0.6) is 0 Å². The molecule has 0 bridgehead atoms. The number of nitrogens with two attached hydrogens (primary N) is 1. The van der Waals surface area contributed by atoms with Gasteiger partial charge in [0.15, 0.2) is 0 Å². The van der Waals surface area contributed by atoms with E-state index >= 15 is 0 Å². The van der Waals surface area contributed by atoms with Crippen molar-refractivity contribution < 1.29 is 13.2 Å². The van der Waals surface area contributed by atoms with Crippen molar-refractivity contribution in [1.29, 1.82) is 0 Å². The number of allylic oxidation sites excluding steroid dienone is 3. The summed E-state index contributed by atoms with van der Waals surface area (Å²) in [6.45, 7) is 7.20. The second-order valence-corrected chi connectivity index (χ2v) is 5.88. The molecule has 0 aliphatic carbocycles. The van der Waals surface area contributed by atoms with Gasteiger partial charge in [-0.25, -0.2) is 8.42 Å². The van der Waals surface area contributed by atoms with Crippen molar-refractivity contribution >= 4 is 27.4 Å². The maximum atomic E-state index is 12.2. The van der Waals surface area contributed by atoms with Gasteiger partial charge in [-0.2, -0.15) is 4.99 Å². The number of nitrogens with one attached hydrogen (secondary N) is 1. The Bertz CT molecular complexity index is 749. The molecule has 0 spiro atoms. The van der Waals surface area contributed by atoms with Crippen LogP contribution in [0, 0.1) is 0 Å². The number of sulfonamides is 1. The van der Waals surface area contributed by atoms with Crippen molar-refractivity contribution in [3.8, 4) is 0 Å². The van der Waals surface area contributed by atoms with E-state index in [0.29, 0.717) is 11.4 Å². The van der Waals surface area contributed by atoms with Crippen LogP contribution in [0.3, 0.4) is 0 Å². The lowest BCUT2D eigenvalue weighted by Crippen LogP contribution is -2.19. The first kappa shape index (κ1) is 14.9. The van der Waals surface area contributed by atoms with Crippen LogP contribution in [0.2, 0.25) is 0 Å². The number of anilines is 1. The van der Waals surface area contributed by atoms with E-state index in [1.54, 1.807) is 18.2 Å². The van der Waals surface area contributed by atoms with Gasteiger partial charge in [-0.15, -0.1) is 0 Å². The summed E-state index contributed by atoms with van der Waals surface area (Å²) in [5.74, 6) is 0. The molecule has 1 aliphatic rings. The zero-order chi connectivity index (χ0) is 15.5. The number of rotatable bonds is 5. The molecule has 6 nitrogen and oxygen atoms in total. The van der Waals surface area contributed by atoms with Crippen molar-refractivity contribution in [3.63, 3.8) is 0 Å². The second kappa shape index (κ2) is 5.84. The number of amidine groups is 1. The highest BCUT2D eigenvalue weighted by atomic mass is 32.2. The van der Waals surface area contributed by atoms with Gasteiger partial charge in [0.05, 0.1) is 10.6 Å². The molecule has 21 heavy (non-hydrogen) atoms. The predicted molar refractivity (Wildman–Crippen MR) is 83.5 cm³/mol. The molecule has 110 valence electrons. The Morgan fingerprint density at radius 3 is 2.86 bits per heavy atom. The van der Waals surface area contributed by atoms with E-state index in [1.807, 2.05) is 0 Å². The molecule has 0 unspecified atom stereocenters. The fourth-order valence-corrected chi connectivity index (χ4v) is 2.82. The first-order chi connectivity index (χ1) is 9.96. The molecule has 0 saturated carbocycles. The van der Waals surface area contributed by atoms with Crippen LogP contribution in [-0.2, 0) is 21.4 Å². The Hall–Kier alpha value is -2.54. The number of ether oxygens (including phenoxy) is 1. The Morgan fingerprint density at radius 1 is 1.43 bits per heavy atom. The van der Waals surface area contributed by atoms with E-state index in [0.717, 1.165) is 5.56 Å². The van der Waals surface area contributed by atoms with E-state index in [4.69, 9.17) is 10.5 Å². The summed E-state index contributed by atoms with van der Waals surface area (Å²) >= 11 is 0. The van der Waals surface area contributed by atoms with Gasteiger partial charge >= 0.3 is 0 Å². The summed E-state index contributed by atoms with van der Waals surface area (Å²) in [7, 11) is -3.70. The predicted octanol–water partition coefficient (Wildman–Crippen LogP) is 2.16. The standard InChI is InChI=1S/C14H15N3O3S/c1-3-5-12(4-2)21(18,19)17-11-6-7-13-10(8-11)9-20-14(15)16-13/h3-8,17H,1-2,9H2,(H2,15,16)/b12-5+. The first-order valence-corrected chi connectivity index (χ1v) is 7.52. The molecule has 0 aromatic heterocycles. The lowest BCUT2D eigenvalue weighted by molar-refractivity contribution is 0.282. The number of benzene rings is 1. The van der Waals surface area contributed by atoms with E-state index in [-0.39, 0.29) is 17.5 Å². The van der Waals surface area contributed by atoms with Crippen LogP contribution in [-0.4, -0.2) is 14.4 Å². The maximum Gasteiger partial charge on any atom is 0.287 e. The van der Waals surface area contributed by atoms with Gasteiger partial charge < -0.3 is 10.5 Å². The van der Waals surface area contributed by atoms with Crippen molar-refractivity contribution in [2.24, 2.45) is 10.7 Å². The normalized spacial score (nSPS) is 14.5. The fourth-order valence-electron chi connectivity index (χ4n) is 1.77. The summed E-state index contributed by atoms with van der Waals surface area (Å²) in [5, 5.41) is 0. The van der Waals surface area contributed by atoms with Crippen molar-refractivity contribution in [2.75, 3.05) is 4.72 Å². The molecule has 1 aromatic rings. The van der Waals surface area contributed by atoms with E-state index in [2.05, 4.69) is 22.9 Å². The minimum atomic E-state index is -3.70. The van der Waals surface area contributed by atoms with Gasteiger partial charge in [-0.3, -0.25) is 4.72 Å². The lowest BCUT2D eigenvalue weighted by Gasteiger charge is -2.16. The molecule has 1 heterocycles.